The lowest BCUT2D eigenvalue weighted by Crippen LogP contribution is -2.05. The van der Waals surface area contributed by atoms with Gasteiger partial charge in [0.25, 0.3) is 0 Å². The SMILES string of the molecule is CCOc1ccc(C(O)c2ccc(CC)cc2)c(C)c1C. The van der Waals surface area contributed by atoms with E-state index in [0.717, 1.165) is 34.4 Å². The Kier molecular flexibility index (Phi) is 5.03. The van der Waals surface area contributed by atoms with Crippen molar-refractivity contribution in [3.8, 4) is 5.75 Å². The third-order valence-electron chi connectivity index (χ3n) is 4.08. The van der Waals surface area contributed by atoms with Gasteiger partial charge in [-0.2, -0.15) is 0 Å². The highest BCUT2D eigenvalue weighted by molar-refractivity contribution is 5.46. The first-order valence-corrected chi connectivity index (χ1v) is 7.58. The van der Waals surface area contributed by atoms with Crippen LogP contribution in [0.15, 0.2) is 36.4 Å². The Labute approximate surface area is 127 Å². The van der Waals surface area contributed by atoms with E-state index in [4.69, 9.17) is 4.74 Å². The molecule has 2 rings (SSSR count). The molecule has 0 spiro atoms. The Morgan fingerprint density at radius 3 is 2.19 bits per heavy atom. The zero-order valence-corrected chi connectivity index (χ0v) is 13.3. The van der Waals surface area contributed by atoms with Crippen LogP contribution in [0.1, 0.15) is 47.8 Å². The molecule has 2 heteroatoms. The van der Waals surface area contributed by atoms with Crippen LogP contribution in [0.25, 0.3) is 0 Å². The van der Waals surface area contributed by atoms with Gasteiger partial charge >= 0.3 is 0 Å². The van der Waals surface area contributed by atoms with Gasteiger partial charge in [0.15, 0.2) is 0 Å². The molecule has 0 heterocycles. The Balaban J connectivity index is 2.34. The van der Waals surface area contributed by atoms with Crippen LogP contribution < -0.4 is 4.74 Å². The number of aliphatic hydroxyl groups excluding tert-OH is 1. The van der Waals surface area contributed by atoms with Crippen molar-refractivity contribution in [3.63, 3.8) is 0 Å². The summed E-state index contributed by atoms with van der Waals surface area (Å²) in [6, 6.07) is 12.1. The molecule has 1 unspecified atom stereocenters. The molecule has 0 aliphatic carbocycles. The van der Waals surface area contributed by atoms with Crippen LogP contribution in [-0.2, 0) is 6.42 Å². The Morgan fingerprint density at radius 1 is 0.952 bits per heavy atom. The van der Waals surface area contributed by atoms with Crippen LogP contribution in [0.2, 0.25) is 0 Å². The van der Waals surface area contributed by atoms with Crippen LogP contribution in [0.3, 0.4) is 0 Å². The van der Waals surface area contributed by atoms with Crippen molar-refractivity contribution < 1.29 is 9.84 Å². The number of aliphatic hydroxyl groups is 1. The maximum absolute atomic E-state index is 10.6. The largest absolute Gasteiger partial charge is 0.494 e. The minimum Gasteiger partial charge on any atom is -0.494 e. The van der Waals surface area contributed by atoms with Gasteiger partial charge in [0.05, 0.1) is 6.61 Å². The molecule has 0 aliphatic rings. The van der Waals surface area contributed by atoms with Gasteiger partial charge in [-0.1, -0.05) is 37.3 Å². The first kappa shape index (κ1) is 15.6. The predicted octanol–water partition coefficient (Wildman–Crippen LogP) is 4.35. The highest BCUT2D eigenvalue weighted by Crippen LogP contribution is 2.31. The summed E-state index contributed by atoms with van der Waals surface area (Å²) in [5.74, 6) is 0.896. The zero-order valence-electron chi connectivity index (χ0n) is 13.3. The number of hydrogen-bond acceptors (Lipinski definition) is 2. The summed E-state index contributed by atoms with van der Waals surface area (Å²) in [7, 11) is 0. The molecule has 0 radical (unpaired) electrons. The normalized spacial score (nSPS) is 12.2. The molecule has 1 atom stereocenters. The third kappa shape index (κ3) is 3.27. The van der Waals surface area contributed by atoms with E-state index in [-0.39, 0.29) is 0 Å². The first-order valence-electron chi connectivity index (χ1n) is 7.58. The molecule has 2 nitrogen and oxygen atoms in total. The summed E-state index contributed by atoms with van der Waals surface area (Å²) in [5.41, 5.74) is 5.34. The van der Waals surface area contributed by atoms with Crippen molar-refractivity contribution in [3.05, 3.63) is 64.2 Å². The number of ether oxygens (including phenoxy) is 1. The summed E-state index contributed by atoms with van der Waals surface area (Å²) in [5, 5.41) is 10.6. The standard InChI is InChI=1S/C19H24O2/c1-5-15-7-9-16(10-8-15)19(20)17-11-12-18(21-6-2)14(4)13(17)3/h7-12,19-20H,5-6H2,1-4H3. The lowest BCUT2D eigenvalue weighted by atomic mass is 9.93. The molecule has 112 valence electrons. The predicted molar refractivity (Wildman–Crippen MR) is 87.0 cm³/mol. The molecule has 0 fully saturated rings. The Hall–Kier alpha value is -1.80. The number of aryl methyl sites for hydroxylation is 1. The van der Waals surface area contributed by atoms with E-state index in [2.05, 4.69) is 19.1 Å². The van der Waals surface area contributed by atoms with Crippen molar-refractivity contribution in [1.29, 1.82) is 0 Å². The summed E-state index contributed by atoms with van der Waals surface area (Å²) in [4.78, 5) is 0. The third-order valence-corrected chi connectivity index (χ3v) is 4.08. The number of rotatable bonds is 5. The summed E-state index contributed by atoms with van der Waals surface area (Å²) >= 11 is 0. The molecule has 0 saturated carbocycles. The van der Waals surface area contributed by atoms with E-state index < -0.39 is 6.10 Å². The second kappa shape index (κ2) is 6.77. The van der Waals surface area contributed by atoms with Crippen molar-refractivity contribution in [2.75, 3.05) is 6.61 Å². The molecule has 1 N–H and O–H groups in total. The summed E-state index contributed by atoms with van der Waals surface area (Å²) in [6.45, 7) is 8.84. The van der Waals surface area contributed by atoms with Crippen LogP contribution >= 0.6 is 0 Å². The van der Waals surface area contributed by atoms with E-state index in [1.807, 2.05) is 45.0 Å². The van der Waals surface area contributed by atoms with Crippen molar-refractivity contribution in [2.24, 2.45) is 0 Å². The molecular weight excluding hydrogens is 260 g/mol. The maximum atomic E-state index is 10.6. The van der Waals surface area contributed by atoms with E-state index >= 15 is 0 Å². The molecule has 0 aromatic heterocycles. The smallest absolute Gasteiger partial charge is 0.122 e. The van der Waals surface area contributed by atoms with Crippen LogP contribution in [0.5, 0.6) is 5.75 Å². The topological polar surface area (TPSA) is 29.5 Å². The average Bonchev–Trinajstić information content (AvgIpc) is 2.52. The van der Waals surface area contributed by atoms with Crippen molar-refractivity contribution in [1.82, 2.24) is 0 Å². The monoisotopic (exact) mass is 284 g/mol. The number of benzene rings is 2. The highest BCUT2D eigenvalue weighted by atomic mass is 16.5. The fourth-order valence-corrected chi connectivity index (χ4v) is 2.54. The Morgan fingerprint density at radius 2 is 1.62 bits per heavy atom. The van der Waals surface area contributed by atoms with Gasteiger partial charge in [-0.25, -0.2) is 0 Å². The van der Waals surface area contributed by atoms with E-state index in [9.17, 15) is 5.11 Å². The van der Waals surface area contributed by atoms with E-state index in [1.165, 1.54) is 5.56 Å². The van der Waals surface area contributed by atoms with Crippen molar-refractivity contribution >= 4 is 0 Å². The molecule has 0 amide bonds. The quantitative estimate of drug-likeness (QED) is 0.884. The molecular formula is C19H24O2. The van der Waals surface area contributed by atoms with Gasteiger partial charge in [-0.15, -0.1) is 0 Å². The maximum Gasteiger partial charge on any atom is 0.122 e. The van der Waals surface area contributed by atoms with Gasteiger partial charge in [-0.3, -0.25) is 0 Å². The lowest BCUT2D eigenvalue weighted by Gasteiger charge is -2.18. The molecule has 2 aromatic carbocycles. The summed E-state index contributed by atoms with van der Waals surface area (Å²) < 4.78 is 5.61. The van der Waals surface area contributed by atoms with Gasteiger partial charge in [0.2, 0.25) is 0 Å². The fraction of sp³-hybridized carbons (Fsp3) is 0.368. The van der Waals surface area contributed by atoms with Gasteiger partial charge < -0.3 is 9.84 Å². The summed E-state index contributed by atoms with van der Waals surface area (Å²) in [6.07, 6.45) is 0.419. The zero-order chi connectivity index (χ0) is 15.4. The van der Waals surface area contributed by atoms with Gasteiger partial charge in [0.1, 0.15) is 11.9 Å². The van der Waals surface area contributed by atoms with Crippen molar-refractivity contribution in [2.45, 2.75) is 40.2 Å². The second-order valence-corrected chi connectivity index (χ2v) is 5.33. The van der Waals surface area contributed by atoms with Gasteiger partial charge in [-0.05, 0) is 61.1 Å². The molecule has 0 saturated heterocycles. The molecule has 0 aliphatic heterocycles. The molecule has 21 heavy (non-hydrogen) atoms. The number of hydrogen-bond donors (Lipinski definition) is 1. The van der Waals surface area contributed by atoms with Gasteiger partial charge in [0, 0.05) is 0 Å². The van der Waals surface area contributed by atoms with E-state index in [1.54, 1.807) is 0 Å². The minimum atomic E-state index is -0.592. The Bertz CT molecular complexity index is 600. The first-order chi connectivity index (χ1) is 10.1. The van der Waals surface area contributed by atoms with Crippen LogP contribution in [0, 0.1) is 13.8 Å². The van der Waals surface area contributed by atoms with Crippen LogP contribution in [0.4, 0.5) is 0 Å². The molecule has 2 aromatic rings. The molecule has 0 bridgehead atoms. The van der Waals surface area contributed by atoms with E-state index in [0.29, 0.717) is 6.61 Å². The fourth-order valence-electron chi connectivity index (χ4n) is 2.54. The highest BCUT2D eigenvalue weighted by Gasteiger charge is 2.16. The minimum absolute atomic E-state index is 0.592. The lowest BCUT2D eigenvalue weighted by molar-refractivity contribution is 0.219. The average molecular weight is 284 g/mol. The second-order valence-electron chi connectivity index (χ2n) is 5.33. The van der Waals surface area contributed by atoms with Crippen LogP contribution in [-0.4, -0.2) is 11.7 Å².